The van der Waals surface area contributed by atoms with E-state index in [1.807, 2.05) is 0 Å². The van der Waals surface area contributed by atoms with Crippen LogP contribution >= 0.6 is 0 Å². The standard InChI is InChI=1S/C10H21N3/c1-4-8-5-6-9(7(8)2)13-10(11)12-3/h7-9H,4-6H2,1-3H3,(H3,11,12,13). The highest BCUT2D eigenvalue weighted by Gasteiger charge is 2.31. The van der Waals surface area contributed by atoms with Gasteiger partial charge in [0.2, 0.25) is 0 Å². The molecule has 3 unspecified atom stereocenters. The van der Waals surface area contributed by atoms with Gasteiger partial charge in [-0.1, -0.05) is 20.3 Å². The predicted octanol–water partition coefficient (Wildman–Crippen LogP) is 1.35. The molecule has 0 aliphatic heterocycles. The molecule has 0 heterocycles. The van der Waals surface area contributed by atoms with Crippen LogP contribution in [0.1, 0.15) is 33.1 Å². The summed E-state index contributed by atoms with van der Waals surface area (Å²) in [5.74, 6) is 2.17. The molecule has 1 saturated carbocycles. The molecule has 0 saturated heterocycles. The fraction of sp³-hybridized carbons (Fsp3) is 0.900. The first kappa shape index (κ1) is 10.4. The van der Waals surface area contributed by atoms with Crippen LogP contribution in [0.4, 0.5) is 0 Å². The van der Waals surface area contributed by atoms with Crippen LogP contribution in [-0.4, -0.2) is 19.0 Å². The van der Waals surface area contributed by atoms with Gasteiger partial charge in [-0.2, -0.15) is 0 Å². The Bertz CT molecular complexity index is 189. The van der Waals surface area contributed by atoms with Gasteiger partial charge in [-0.15, -0.1) is 0 Å². The summed E-state index contributed by atoms with van der Waals surface area (Å²) in [6.45, 7) is 4.57. The maximum Gasteiger partial charge on any atom is 0.188 e. The van der Waals surface area contributed by atoms with Gasteiger partial charge in [0.05, 0.1) is 0 Å². The van der Waals surface area contributed by atoms with E-state index in [9.17, 15) is 0 Å². The Morgan fingerprint density at radius 1 is 1.54 bits per heavy atom. The van der Waals surface area contributed by atoms with Crippen molar-refractivity contribution >= 4 is 5.96 Å². The average molecular weight is 183 g/mol. The third-order valence-corrected chi connectivity index (χ3v) is 3.33. The second-order valence-corrected chi connectivity index (χ2v) is 3.96. The monoisotopic (exact) mass is 183 g/mol. The van der Waals surface area contributed by atoms with Crippen LogP contribution in [0.15, 0.2) is 4.99 Å². The molecule has 13 heavy (non-hydrogen) atoms. The van der Waals surface area contributed by atoms with Crippen LogP contribution in [0.3, 0.4) is 0 Å². The van der Waals surface area contributed by atoms with E-state index in [-0.39, 0.29) is 0 Å². The topological polar surface area (TPSA) is 50.4 Å². The molecule has 0 aromatic carbocycles. The molecule has 3 heteroatoms. The van der Waals surface area contributed by atoms with Crippen LogP contribution in [-0.2, 0) is 0 Å². The van der Waals surface area contributed by atoms with Gasteiger partial charge >= 0.3 is 0 Å². The normalized spacial score (nSPS) is 35.0. The number of guanidine groups is 1. The van der Waals surface area contributed by atoms with E-state index >= 15 is 0 Å². The van der Waals surface area contributed by atoms with Crippen molar-refractivity contribution in [2.45, 2.75) is 39.2 Å². The Morgan fingerprint density at radius 3 is 2.69 bits per heavy atom. The van der Waals surface area contributed by atoms with Gasteiger partial charge in [0, 0.05) is 13.1 Å². The molecular formula is C10H21N3. The van der Waals surface area contributed by atoms with Crippen LogP contribution in [0.25, 0.3) is 0 Å². The van der Waals surface area contributed by atoms with Gasteiger partial charge in [-0.25, -0.2) is 0 Å². The number of hydrogen-bond donors (Lipinski definition) is 2. The first-order valence-electron chi connectivity index (χ1n) is 5.17. The Kier molecular flexibility index (Phi) is 3.58. The summed E-state index contributed by atoms with van der Waals surface area (Å²) in [6, 6.07) is 0.536. The van der Waals surface area contributed by atoms with E-state index in [2.05, 4.69) is 24.2 Å². The van der Waals surface area contributed by atoms with Gasteiger partial charge in [0.25, 0.3) is 0 Å². The van der Waals surface area contributed by atoms with Crippen molar-refractivity contribution in [2.75, 3.05) is 7.05 Å². The van der Waals surface area contributed by atoms with Crippen molar-refractivity contribution in [3.8, 4) is 0 Å². The zero-order chi connectivity index (χ0) is 9.84. The quantitative estimate of drug-likeness (QED) is 0.501. The maximum atomic E-state index is 5.64. The lowest BCUT2D eigenvalue weighted by atomic mass is 9.94. The molecule has 1 rings (SSSR count). The minimum atomic E-state index is 0.536. The molecule has 0 radical (unpaired) electrons. The van der Waals surface area contributed by atoms with Crippen LogP contribution in [0, 0.1) is 11.8 Å². The summed E-state index contributed by atoms with van der Waals surface area (Å²) in [7, 11) is 1.72. The number of nitrogens with zero attached hydrogens (tertiary/aromatic N) is 1. The van der Waals surface area contributed by atoms with E-state index in [4.69, 9.17) is 5.73 Å². The largest absolute Gasteiger partial charge is 0.370 e. The van der Waals surface area contributed by atoms with Gasteiger partial charge in [-0.3, -0.25) is 4.99 Å². The third kappa shape index (κ3) is 2.36. The highest BCUT2D eigenvalue weighted by Crippen LogP contribution is 2.33. The predicted molar refractivity (Wildman–Crippen MR) is 56.6 cm³/mol. The van der Waals surface area contributed by atoms with Crippen molar-refractivity contribution in [2.24, 2.45) is 22.6 Å². The number of rotatable bonds is 2. The Labute approximate surface area is 80.8 Å². The molecule has 3 atom stereocenters. The summed E-state index contributed by atoms with van der Waals surface area (Å²) in [5.41, 5.74) is 5.64. The number of aliphatic imine (C=N–C) groups is 1. The third-order valence-electron chi connectivity index (χ3n) is 3.33. The van der Waals surface area contributed by atoms with Crippen molar-refractivity contribution in [1.82, 2.24) is 5.32 Å². The number of hydrogen-bond acceptors (Lipinski definition) is 1. The minimum Gasteiger partial charge on any atom is -0.370 e. The summed E-state index contributed by atoms with van der Waals surface area (Å²) in [6.07, 6.45) is 3.84. The highest BCUT2D eigenvalue weighted by molar-refractivity contribution is 5.78. The number of nitrogens with one attached hydrogen (secondary N) is 1. The van der Waals surface area contributed by atoms with E-state index < -0.39 is 0 Å². The van der Waals surface area contributed by atoms with E-state index in [1.54, 1.807) is 7.05 Å². The molecule has 1 aliphatic carbocycles. The van der Waals surface area contributed by atoms with E-state index in [0.29, 0.717) is 12.0 Å². The molecule has 1 fully saturated rings. The van der Waals surface area contributed by atoms with Crippen LogP contribution < -0.4 is 11.1 Å². The molecule has 3 N–H and O–H groups in total. The summed E-state index contributed by atoms with van der Waals surface area (Å²) >= 11 is 0. The molecule has 1 aliphatic rings. The fourth-order valence-corrected chi connectivity index (χ4v) is 2.28. The molecular weight excluding hydrogens is 162 g/mol. The Hall–Kier alpha value is -0.730. The van der Waals surface area contributed by atoms with Gasteiger partial charge in [0.1, 0.15) is 0 Å². The molecule has 76 valence electrons. The summed E-state index contributed by atoms with van der Waals surface area (Å²) in [4.78, 5) is 3.92. The minimum absolute atomic E-state index is 0.536. The van der Waals surface area contributed by atoms with Crippen LogP contribution in [0.2, 0.25) is 0 Å². The van der Waals surface area contributed by atoms with Crippen LogP contribution in [0.5, 0.6) is 0 Å². The van der Waals surface area contributed by atoms with Crippen molar-refractivity contribution in [3.63, 3.8) is 0 Å². The molecule has 0 bridgehead atoms. The highest BCUT2D eigenvalue weighted by atomic mass is 15.1. The first-order chi connectivity index (χ1) is 6.19. The second-order valence-electron chi connectivity index (χ2n) is 3.96. The van der Waals surface area contributed by atoms with E-state index in [1.165, 1.54) is 19.3 Å². The molecule has 3 nitrogen and oxygen atoms in total. The summed E-state index contributed by atoms with van der Waals surface area (Å²) in [5, 5.41) is 3.27. The lowest BCUT2D eigenvalue weighted by Crippen LogP contribution is -2.41. The second kappa shape index (κ2) is 4.49. The first-order valence-corrected chi connectivity index (χ1v) is 5.17. The zero-order valence-corrected chi connectivity index (χ0v) is 8.88. The fourth-order valence-electron chi connectivity index (χ4n) is 2.28. The molecule has 0 aromatic heterocycles. The van der Waals surface area contributed by atoms with E-state index in [0.717, 1.165) is 11.8 Å². The van der Waals surface area contributed by atoms with Crippen molar-refractivity contribution in [1.29, 1.82) is 0 Å². The maximum absolute atomic E-state index is 5.64. The average Bonchev–Trinajstić information content (AvgIpc) is 2.48. The number of nitrogens with two attached hydrogens (primary N) is 1. The Balaban J connectivity index is 2.45. The zero-order valence-electron chi connectivity index (χ0n) is 8.88. The lowest BCUT2D eigenvalue weighted by Gasteiger charge is -2.21. The van der Waals surface area contributed by atoms with Gasteiger partial charge in [-0.05, 0) is 24.7 Å². The summed E-state index contributed by atoms with van der Waals surface area (Å²) < 4.78 is 0. The van der Waals surface area contributed by atoms with Crippen molar-refractivity contribution in [3.05, 3.63) is 0 Å². The SMILES string of the molecule is CCC1CCC(NC(N)=NC)C1C. The van der Waals surface area contributed by atoms with Gasteiger partial charge in [0.15, 0.2) is 5.96 Å². The molecule has 0 amide bonds. The molecule has 0 aromatic rings. The smallest absolute Gasteiger partial charge is 0.188 e. The van der Waals surface area contributed by atoms with Gasteiger partial charge < -0.3 is 11.1 Å². The Morgan fingerprint density at radius 2 is 2.23 bits per heavy atom. The molecule has 0 spiro atoms. The van der Waals surface area contributed by atoms with Crippen molar-refractivity contribution < 1.29 is 0 Å². The lowest BCUT2D eigenvalue weighted by molar-refractivity contribution is 0.368.